The number of rotatable bonds is 4. The van der Waals surface area contributed by atoms with Gasteiger partial charge >= 0.3 is 6.03 Å². The zero-order chi connectivity index (χ0) is 21.3. The van der Waals surface area contributed by atoms with Gasteiger partial charge < -0.3 is 16.0 Å². The number of non-ortho nitro benzene ring substituents is 1. The summed E-state index contributed by atoms with van der Waals surface area (Å²) in [5, 5.41) is 19.2. The molecule has 0 spiro atoms. The summed E-state index contributed by atoms with van der Waals surface area (Å²) in [7, 11) is 0. The minimum absolute atomic E-state index is 0.120. The lowest BCUT2D eigenvalue weighted by atomic mass is 9.87. The molecule has 1 aliphatic heterocycles. The Kier molecular flexibility index (Phi) is 5.36. The third-order valence-corrected chi connectivity index (χ3v) is 4.86. The van der Waals surface area contributed by atoms with E-state index < -0.39 is 22.9 Å². The Labute approximate surface area is 168 Å². The lowest BCUT2D eigenvalue weighted by molar-refractivity contribution is -0.384. The molecule has 0 unspecified atom stereocenters. The average Bonchev–Trinajstić information content (AvgIpc) is 2.60. The van der Waals surface area contributed by atoms with Crippen LogP contribution in [0.2, 0.25) is 0 Å². The predicted molar refractivity (Wildman–Crippen MR) is 109 cm³/mol. The van der Waals surface area contributed by atoms with Crippen molar-refractivity contribution >= 4 is 23.3 Å². The summed E-state index contributed by atoms with van der Waals surface area (Å²) in [6.07, 6.45) is 0. The van der Waals surface area contributed by atoms with E-state index in [4.69, 9.17) is 0 Å². The summed E-state index contributed by atoms with van der Waals surface area (Å²) in [6.45, 7) is 7.53. The number of nitro benzene ring substituents is 1. The molecule has 2 aromatic rings. The van der Waals surface area contributed by atoms with Crippen molar-refractivity contribution in [2.75, 3.05) is 5.32 Å². The molecule has 0 aromatic heterocycles. The second-order valence-electron chi connectivity index (χ2n) is 7.14. The summed E-state index contributed by atoms with van der Waals surface area (Å²) < 4.78 is 0. The standard InChI is InChI=1S/C21H22N4O4/c1-11-8-12(2)17(13(3)9-11)19-18(14(4)22-21(27)24-19)20(26)23-15-6-5-7-16(10-15)25(28)29/h5-10,19H,1-4H3,(H,23,26)(H2,22,24,27)/t19-/m0/s1. The Bertz CT molecular complexity index is 1040. The molecule has 0 bridgehead atoms. The van der Waals surface area contributed by atoms with Crippen LogP contribution in [0, 0.1) is 30.9 Å². The Morgan fingerprint density at radius 2 is 1.76 bits per heavy atom. The number of urea groups is 1. The average molecular weight is 394 g/mol. The van der Waals surface area contributed by atoms with E-state index >= 15 is 0 Å². The van der Waals surface area contributed by atoms with Crippen LogP contribution in [0.4, 0.5) is 16.2 Å². The van der Waals surface area contributed by atoms with Crippen molar-refractivity contribution in [3.05, 3.63) is 80.0 Å². The Hall–Kier alpha value is -3.68. The van der Waals surface area contributed by atoms with E-state index in [2.05, 4.69) is 16.0 Å². The predicted octanol–water partition coefficient (Wildman–Crippen LogP) is 3.79. The molecule has 0 saturated carbocycles. The molecule has 1 atom stereocenters. The maximum atomic E-state index is 13.1. The number of allylic oxidation sites excluding steroid dienone is 1. The number of benzene rings is 2. The number of hydrogen-bond acceptors (Lipinski definition) is 4. The number of amides is 3. The Balaban J connectivity index is 2.02. The van der Waals surface area contributed by atoms with Gasteiger partial charge in [-0.25, -0.2) is 4.79 Å². The maximum Gasteiger partial charge on any atom is 0.319 e. The second kappa shape index (κ2) is 7.75. The molecule has 0 radical (unpaired) electrons. The fourth-order valence-electron chi connectivity index (χ4n) is 3.75. The lowest BCUT2D eigenvalue weighted by Crippen LogP contribution is -2.46. The van der Waals surface area contributed by atoms with Gasteiger partial charge in [0.1, 0.15) is 0 Å². The van der Waals surface area contributed by atoms with Gasteiger partial charge in [-0.2, -0.15) is 0 Å². The van der Waals surface area contributed by atoms with E-state index in [-0.39, 0.29) is 5.69 Å². The normalized spacial score (nSPS) is 16.1. The molecular formula is C21H22N4O4. The first-order valence-corrected chi connectivity index (χ1v) is 9.09. The molecular weight excluding hydrogens is 372 g/mol. The topological polar surface area (TPSA) is 113 Å². The van der Waals surface area contributed by atoms with Crippen LogP contribution in [0.25, 0.3) is 0 Å². The maximum absolute atomic E-state index is 13.1. The first-order valence-electron chi connectivity index (χ1n) is 9.09. The third-order valence-electron chi connectivity index (χ3n) is 4.86. The fourth-order valence-corrected chi connectivity index (χ4v) is 3.75. The van der Waals surface area contributed by atoms with Crippen LogP contribution >= 0.6 is 0 Å². The minimum atomic E-state index is -0.636. The minimum Gasteiger partial charge on any atom is -0.327 e. The van der Waals surface area contributed by atoms with Crippen molar-refractivity contribution in [3.8, 4) is 0 Å². The molecule has 2 aromatic carbocycles. The van der Waals surface area contributed by atoms with Crippen molar-refractivity contribution in [2.24, 2.45) is 0 Å². The number of nitro groups is 1. The molecule has 1 heterocycles. The molecule has 1 aliphatic rings. The molecule has 3 amide bonds. The van der Waals surface area contributed by atoms with Crippen molar-refractivity contribution in [3.63, 3.8) is 0 Å². The molecule has 0 fully saturated rings. The van der Waals surface area contributed by atoms with E-state index in [1.165, 1.54) is 18.2 Å². The largest absolute Gasteiger partial charge is 0.327 e. The number of hydrogen-bond donors (Lipinski definition) is 3. The zero-order valence-corrected chi connectivity index (χ0v) is 16.6. The van der Waals surface area contributed by atoms with Gasteiger partial charge in [-0.1, -0.05) is 23.8 Å². The van der Waals surface area contributed by atoms with Crippen molar-refractivity contribution in [2.45, 2.75) is 33.7 Å². The number of nitrogens with one attached hydrogen (secondary N) is 3. The highest BCUT2D eigenvalue weighted by atomic mass is 16.6. The zero-order valence-electron chi connectivity index (χ0n) is 16.6. The number of carbonyl (C=O) groups excluding carboxylic acids is 2. The van der Waals surface area contributed by atoms with Gasteiger partial charge in [0, 0.05) is 23.5 Å². The highest BCUT2D eigenvalue weighted by Gasteiger charge is 2.33. The fraction of sp³-hybridized carbons (Fsp3) is 0.238. The summed E-state index contributed by atoms with van der Waals surface area (Å²) in [4.78, 5) is 35.7. The van der Waals surface area contributed by atoms with Crippen LogP contribution < -0.4 is 16.0 Å². The quantitative estimate of drug-likeness (QED) is 0.541. The number of aryl methyl sites for hydroxylation is 3. The number of carbonyl (C=O) groups is 2. The molecule has 29 heavy (non-hydrogen) atoms. The molecule has 150 valence electrons. The summed E-state index contributed by atoms with van der Waals surface area (Å²) in [5.74, 6) is -0.445. The van der Waals surface area contributed by atoms with E-state index in [1.807, 2.05) is 32.9 Å². The molecule has 8 nitrogen and oxygen atoms in total. The SMILES string of the molecule is CC1=C(C(=O)Nc2cccc([N+](=O)[O-])c2)[C@H](c2c(C)cc(C)cc2C)NC(=O)N1. The van der Waals surface area contributed by atoms with Crippen LogP contribution in [0.3, 0.4) is 0 Å². The van der Waals surface area contributed by atoms with Gasteiger partial charge in [-0.05, 0) is 50.5 Å². The van der Waals surface area contributed by atoms with E-state index in [0.717, 1.165) is 22.3 Å². The van der Waals surface area contributed by atoms with Gasteiger partial charge in [0.05, 0.1) is 16.5 Å². The van der Waals surface area contributed by atoms with Gasteiger partial charge in [0.2, 0.25) is 0 Å². The molecule has 8 heteroatoms. The van der Waals surface area contributed by atoms with Gasteiger partial charge in [0.15, 0.2) is 0 Å². The first-order chi connectivity index (χ1) is 13.7. The Morgan fingerprint density at radius 1 is 1.10 bits per heavy atom. The van der Waals surface area contributed by atoms with E-state index in [1.54, 1.807) is 13.0 Å². The van der Waals surface area contributed by atoms with Crippen molar-refractivity contribution in [1.29, 1.82) is 0 Å². The van der Waals surface area contributed by atoms with Crippen LogP contribution in [-0.2, 0) is 4.79 Å². The second-order valence-corrected chi connectivity index (χ2v) is 7.14. The molecule has 0 saturated heterocycles. The van der Waals surface area contributed by atoms with Crippen LogP contribution in [0.5, 0.6) is 0 Å². The molecule has 0 aliphatic carbocycles. The smallest absolute Gasteiger partial charge is 0.319 e. The van der Waals surface area contributed by atoms with Crippen LogP contribution in [-0.4, -0.2) is 16.9 Å². The molecule has 3 rings (SSSR count). The van der Waals surface area contributed by atoms with Crippen LogP contribution in [0.15, 0.2) is 47.7 Å². The monoisotopic (exact) mass is 394 g/mol. The summed E-state index contributed by atoms with van der Waals surface area (Å²) >= 11 is 0. The highest BCUT2D eigenvalue weighted by molar-refractivity contribution is 6.07. The summed E-state index contributed by atoms with van der Waals surface area (Å²) in [5.41, 5.74) is 4.84. The summed E-state index contributed by atoms with van der Waals surface area (Å²) in [6, 6.07) is 8.70. The number of nitrogens with zero attached hydrogens (tertiary/aromatic N) is 1. The molecule has 3 N–H and O–H groups in total. The lowest BCUT2D eigenvalue weighted by Gasteiger charge is -2.30. The van der Waals surface area contributed by atoms with Crippen molar-refractivity contribution in [1.82, 2.24) is 10.6 Å². The Morgan fingerprint density at radius 3 is 2.38 bits per heavy atom. The third kappa shape index (κ3) is 4.11. The highest BCUT2D eigenvalue weighted by Crippen LogP contribution is 2.32. The van der Waals surface area contributed by atoms with Gasteiger partial charge in [0.25, 0.3) is 11.6 Å². The van der Waals surface area contributed by atoms with Gasteiger partial charge in [-0.15, -0.1) is 0 Å². The van der Waals surface area contributed by atoms with Crippen LogP contribution in [0.1, 0.15) is 35.2 Å². The van der Waals surface area contributed by atoms with E-state index in [9.17, 15) is 19.7 Å². The van der Waals surface area contributed by atoms with E-state index in [0.29, 0.717) is 17.0 Å². The van der Waals surface area contributed by atoms with Gasteiger partial charge in [-0.3, -0.25) is 14.9 Å². The van der Waals surface area contributed by atoms with Crippen molar-refractivity contribution < 1.29 is 14.5 Å². The number of anilines is 1. The first kappa shape index (κ1) is 20.1.